The zero-order chi connectivity index (χ0) is 39.0. The van der Waals surface area contributed by atoms with Crippen LogP contribution in [0, 0.1) is 27.7 Å². The summed E-state index contributed by atoms with van der Waals surface area (Å²) in [4.78, 5) is 0. The summed E-state index contributed by atoms with van der Waals surface area (Å²) < 4.78 is 0. The van der Waals surface area contributed by atoms with Crippen molar-refractivity contribution in [2.45, 2.75) is 80.1 Å². The van der Waals surface area contributed by atoms with E-state index in [2.05, 4.69) is 191 Å². The van der Waals surface area contributed by atoms with Crippen LogP contribution in [0.3, 0.4) is 0 Å². The van der Waals surface area contributed by atoms with Crippen LogP contribution in [0.5, 0.6) is 0 Å². The SMILES string of the molecule is Cc1cc(C(C)(C)C)cc(C)c1C1=c2cc3cc4c(cc3cc2-c2ccc3ccccc3c21)=C(c1c(C)cc(C(C)(C)C)cc1C)c1c-4ccc2ccccc12. The fraction of sp³-hybridized carbons (Fsp3) is 0.214. The Kier molecular flexibility index (Phi) is 7.38. The number of benzene rings is 8. The standard InChI is InChI=1S/C56H50/c1-31-23-39(55(5,6)7)24-32(2)49(31)53-47-29-37-28-46-44-22-20-36-16-12-14-18-42(36)52(44)54(50-33(3)25-40(26-34(50)4)56(8,9)10)48(46)30-38(37)27-45(47)43-21-19-35-15-11-13-17-41(35)51(43)53/h11-30H,1-10H3. The van der Waals surface area contributed by atoms with Crippen molar-refractivity contribution in [2.24, 2.45) is 0 Å². The first-order chi connectivity index (χ1) is 26.7. The van der Waals surface area contributed by atoms with Crippen LogP contribution in [-0.4, -0.2) is 0 Å². The molecule has 0 heterocycles. The monoisotopic (exact) mass is 722 g/mol. The quantitative estimate of drug-likeness (QED) is 0.167. The van der Waals surface area contributed by atoms with E-state index in [4.69, 9.17) is 0 Å². The highest BCUT2D eigenvalue weighted by Crippen LogP contribution is 2.46. The van der Waals surface area contributed by atoms with Gasteiger partial charge in [-0.15, -0.1) is 0 Å². The number of fused-ring (bicyclic) bond motifs is 11. The second-order valence-electron chi connectivity index (χ2n) is 18.8. The van der Waals surface area contributed by atoms with Crippen LogP contribution in [0.4, 0.5) is 0 Å². The Balaban J connectivity index is 1.33. The van der Waals surface area contributed by atoms with E-state index in [-0.39, 0.29) is 10.8 Å². The zero-order valence-corrected chi connectivity index (χ0v) is 34.5. The Hall–Kier alpha value is -5.72. The van der Waals surface area contributed by atoms with Crippen molar-refractivity contribution in [3.63, 3.8) is 0 Å². The molecule has 8 aromatic carbocycles. The van der Waals surface area contributed by atoms with Crippen LogP contribution in [0.25, 0.3) is 65.7 Å². The van der Waals surface area contributed by atoms with Crippen molar-refractivity contribution in [1.29, 1.82) is 0 Å². The van der Waals surface area contributed by atoms with Crippen LogP contribution in [0.15, 0.2) is 121 Å². The van der Waals surface area contributed by atoms with Gasteiger partial charge in [-0.25, -0.2) is 0 Å². The summed E-state index contributed by atoms with van der Waals surface area (Å²) in [6, 6.07) is 47.0. The molecule has 0 N–H and O–H groups in total. The lowest BCUT2D eigenvalue weighted by Gasteiger charge is -2.23. The summed E-state index contributed by atoms with van der Waals surface area (Å²) in [6.45, 7) is 23.2. The highest BCUT2D eigenvalue weighted by Gasteiger charge is 2.30. The highest BCUT2D eigenvalue weighted by molar-refractivity contribution is 6.12. The van der Waals surface area contributed by atoms with Gasteiger partial charge in [-0.2, -0.15) is 0 Å². The first kappa shape index (κ1) is 34.7. The van der Waals surface area contributed by atoms with E-state index in [0.29, 0.717) is 0 Å². The number of rotatable bonds is 2. The number of hydrogen-bond acceptors (Lipinski definition) is 0. The van der Waals surface area contributed by atoms with Gasteiger partial charge in [-0.05, 0) is 195 Å². The molecule has 0 aliphatic heterocycles. The summed E-state index contributed by atoms with van der Waals surface area (Å²) in [5.41, 5.74) is 21.8. The summed E-state index contributed by atoms with van der Waals surface area (Å²) in [7, 11) is 0. The first-order valence-electron chi connectivity index (χ1n) is 20.3. The molecule has 8 aromatic rings. The van der Waals surface area contributed by atoms with Gasteiger partial charge in [0, 0.05) is 0 Å². The van der Waals surface area contributed by atoms with Gasteiger partial charge < -0.3 is 0 Å². The Bertz CT molecular complexity index is 2910. The minimum absolute atomic E-state index is 0.0800. The van der Waals surface area contributed by atoms with E-state index in [1.54, 1.807) is 0 Å². The van der Waals surface area contributed by atoms with E-state index in [9.17, 15) is 0 Å². The van der Waals surface area contributed by atoms with E-state index >= 15 is 0 Å². The number of aryl methyl sites for hydroxylation is 4. The largest absolute Gasteiger partial charge is 0.0616 e. The predicted octanol–water partition coefficient (Wildman–Crippen LogP) is 13.4. The van der Waals surface area contributed by atoms with Gasteiger partial charge >= 0.3 is 0 Å². The lowest BCUT2D eigenvalue weighted by molar-refractivity contribution is 0.589. The molecule has 0 fully saturated rings. The molecule has 0 nitrogen and oxygen atoms in total. The van der Waals surface area contributed by atoms with Crippen molar-refractivity contribution in [1.82, 2.24) is 0 Å². The fourth-order valence-corrected chi connectivity index (χ4v) is 10.1. The third-order valence-corrected chi connectivity index (χ3v) is 12.9. The van der Waals surface area contributed by atoms with Gasteiger partial charge in [-0.1, -0.05) is 139 Å². The topological polar surface area (TPSA) is 0 Å². The molecule has 0 unspecified atom stereocenters. The maximum Gasteiger partial charge on any atom is -0.00141 e. The third kappa shape index (κ3) is 5.04. The molecular formula is C56H50. The molecule has 0 saturated heterocycles. The van der Waals surface area contributed by atoms with Gasteiger partial charge in [0.15, 0.2) is 0 Å². The molecule has 0 aromatic heterocycles. The predicted molar refractivity (Wildman–Crippen MR) is 242 cm³/mol. The molecule has 0 heteroatoms. The van der Waals surface area contributed by atoms with Crippen LogP contribution < -0.4 is 10.4 Å². The Labute approximate surface area is 331 Å². The molecule has 0 spiro atoms. The molecule has 0 saturated carbocycles. The summed E-state index contributed by atoms with van der Waals surface area (Å²) >= 11 is 0. The lowest BCUT2D eigenvalue weighted by Crippen LogP contribution is -2.14. The van der Waals surface area contributed by atoms with Crippen molar-refractivity contribution < 1.29 is 0 Å². The van der Waals surface area contributed by atoms with Gasteiger partial charge in [0.1, 0.15) is 0 Å². The van der Waals surface area contributed by atoms with E-state index in [1.807, 2.05) is 0 Å². The van der Waals surface area contributed by atoms with Gasteiger partial charge in [-0.3, -0.25) is 0 Å². The smallest absolute Gasteiger partial charge is 0.00141 e. The molecule has 2 aliphatic rings. The summed E-state index contributed by atoms with van der Waals surface area (Å²) in [6.07, 6.45) is 0. The second-order valence-corrected chi connectivity index (χ2v) is 18.8. The Morgan fingerprint density at radius 1 is 0.321 bits per heavy atom. The van der Waals surface area contributed by atoms with Crippen LogP contribution in [-0.2, 0) is 10.8 Å². The highest BCUT2D eigenvalue weighted by atomic mass is 14.3. The molecule has 56 heavy (non-hydrogen) atoms. The summed E-state index contributed by atoms with van der Waals surface area (Å²) in [5, 5.41) is 10.5. The molecule has 0 atom stereocenters. The normalized spacial score (nSPS) is 13.5. The van der Waals surface area contributed by atoms with Crippen LogP contribution >= 0.6 is 0 Å². The van der Waals surface area contributed by atoms with Crippen molar-refractivity contribution >= 4 is 43.5 Å². The molecule has 0 bridgehead atoms. The Morgan fingerprint density at radius 3 is 1.04 bits per heavy atom. The maximum absolute atomic E-state index is 2.51. The second kappa shape index (κ2) is 11.9. The third-order valence-electron chi connectivity index (χ3n) is 12.9. The Morgan fingerprint density at radius 2 is 0.679 bits per heavy atom. The minimum Gasteiger partial charge on any atom is -0.0616 e. The maximum atomic E-state index is 2.51. The molecule has 2 aliphatic carbocycles. The van der Waals surface area contributed by atoms with Gasteiger partial charge in [0.05, 0.1) is 0 Å². The van der Waals surface area contributed by atoms with E-state index in [0.717, 1.165) is 0 Å². The minimum atomic E-state index is 0.0800. The van der Waals surface area contributed by atoms with E-state index < -0.39 is 0 Å². The summed E-state index contributed by atoms with van der Waals surface area (Å²) in [5.74, 6) is 0. The molecule has 10 rings (SSSR count). The average Bonchev–Trinajstić information content (AvgIpc) is 3.63. The van der Waals surface area contributed by atoms with E-state index in [1.165, 1.54) is 132 Å². The van der Waals surface area contributed by atoms with Crippen molar-refractivity contribution in [3.05, 3.63) is 187 Å². The molecular weight excluding hydrogens is 673 g/mol. The van der Waals surface area contributed by atoms with Gasteiger partial charge in [0.25, 0.3) is 0 Å². The average molecular weight is 723 g/mol. The lowest BCUT2D eigenvalue weighted by atomic mass is 9.81. The molecule has 0 amide bonds. The zero-order valence-electron chi connectivity index (χ0n) is 34.5. The van der Waals surface area contributed by atoms with Crippen molar-refractivity contribution in [3.8, 4) is 22.3 Å². The van der Waals surface area contributed by atoms with Crippen molar-refractivity contribution in [2.75, 3.05) is 0 Å². The number of hydrogen-bond donors (Lipinski definition) is 0. The fourth-order valence-electron chi connectivity index (χ4n) is 10.1. The van der Waals surface area contributed by atoms with Gasteiger partial charge in [0.2, 0.25) is 0 Å². The first-order valence-corrected chi connectivity index (χ1v) is 20.3. The molecule has 0 radical (unpaired) electrons. The van der Waals surface area contributed by atoms with Crippen LogP contribution in [0.1, 0.15) is 97.2 Å². The van der Waals surface area contributed by atoms with Crippen LogP contribution in [0.2, 0.25) is 0 Å². The molecule has 274 valence electrons.